The van der Waals surface area contributed by atoms with Crippen LogP contribution in [-0.2, 0) is 12.8 Å². The third-order valence-electron chi connectivity index (χ3n) is 3.05. The van der Waals surface area contributed by atoms with Crippen LogP contribution >= 0.6 is 15.9 Å². The summed E-state index contributed by atoms with van der Waals surface area (Å²) in [5.74, 6) is 1.46. The second-order valence-corrected chi connectivity index (χ2v) is 5.56. The van der Waals surface area contributed by atoms with Gasteiger partial charge in [0.2, 0.25) is 5.89 Å². The van der Waals surface area contributed by atoms with Crippen LogP contribution in [0.5, 0.6) is 0 Å². The zero-order valence-corrected chi connectivity index (χ0v) is 12.8. The van der Waals surface area contributed by atoms with Crippen LogP contribution in [0, 0.1) is 0 Å². The number of rotatable bonds is 6. The molecule has 19 heavy (non-hydrogen) atoms. The summed E-state index contributed by atoms with van der Waals surface area (Å²) in [6.45, 7) is 2.14. The fraction of sp³-hybridized carbons (Fsp3) is 0.429. The number of hydrogen-bond donors (Lipinski definition) is 1. The van der Waals surface area contributed by atoms with Crippen LogP contribution in [0.4, 0.5) is 0 Å². The molecule has 5 heteroatoms. The van der Waals surface area contributed by atoms with E-state index in [9.17, 15) is 0 Å². The molecule has 0 aliphatic rings. The summed E-state index contributed by atoms with van der Waals surface area (Å²) in [5.41, 5.74) is 1.17. The minimum Gasteiger partial charge on any atom is -0.339 e. The van der Waals surface area contributed by atoms with Crippen molar-refractivity contribution in [3.63, 3.8) is 0 Å². The van der Waals surface area contributed by atoms with Crippen LogP contribution in [0.1, 0.15) is 30.6 Å². The predicted octanol–water partition coefficient (Wildman–Crippen LogP) is 2.96. The molecule has 0 saturated carbocycles. The second-order valence-electron chi connectivity index (χ2n) is 4.64. The first-order valence-electron chi connectivity index (χ1n) is 6.40. The minimum atomic E-state index is 0.459. The number of hydrogen-bond acceptors (Lipinski definition) is 4. The molecule has 1 N–H and O–H groups in total. The van der Waals surface area contributed by atoms with E-state index in [-0.39, 0.29) is 0 Å². The summed E-state index contributed by atoms with van der Waals surface area (Å²) >= 11 is 3.46. The highest BCUT2D eigenvalue weighted by Gasteiger charge is 2.08. The molecule has 0 bridgehead atoms. The van der Waals surface area contributed by atoms with Crippen LogP contribution < -0.4 is 5.32 Å². The Hall–Kier alpha value is -1.20. The van der Waals surface area contributed by atoms with Gasteiger partial charge >= 0.3 is 0 Å². The van der Waals surface area contributed by atoms with E-state index in [4.69, 9.17) is 4.52 Å². The van der Waals surface area contributed by atoms with Crippen LogP contribution in [0.3, 0.4) is 0 Å². The van der Waals surface area contributed by atoms with Crippen molar-refractivity contribution in [1.82, 2.24) is 15.5 Å². The fourth-order valence-electron chi connectivity index (χ4n) is 1.78. The van der Waals surface area contributed by atoms with Crippen molar-refractivity contribution < 1.29 is 4.52 Å². The highest BCUT2D eigenvalue weighted by molar-refractivity contribution is 9.10. The molecule has 4 nitrogen and oxygen atoms in total. The number of aromatic nitrogens is 2. The van der Waals surface area contributed by atoms with Crippen molar-refractivity contribution in [2.24, 2.45) is 0 Å². The Bertz CT molecular complexity index is 527. The summed E-state index contributed by atoms with van der Waals surface area (Å²) < 4.78 is 6.33. The fourth-order valence-corrected chi connectivity index (χ4v) is 2.22. The molecule has 1 atom stereocenters. The molecule has 1 unspecified atom stereocenters. The average Bonchev–Trinajstić information content (AvgIpc) is 2.83. The molecule has 0 aliphatic heterocycles. The van der Waals surface area contributed by atoms with E-state index in [0.29, 0.717) is 18.4 Å². The van der Waals surface area contributed by atoms with E-state index in [1.54, 1.807) is 0 Å². The van der Waals surface area contributed by atoms with Gasteiger partial charge in [-0.3, -0.25) is 0 Å². The lowest BCUT2D eigenvalue weighted by Crippen LogP contribution is -2.21. The van der Waals surface area contributed by atoms with Crippen LogP contribution in [0.2, 0.25) is 0 Å². The summed E-state index contributed by atoms with van der Waals surface area (Å²) in [6, 6.07) is 8.60. The molecule has 0 fully saturated rings. The van der Waals surface area contributed by atoms with Gasteiger partial charge in [-0.1, -0.05) is 33.2 Å². The van der Waals surface area contributed by atoms with Gasteiger partial charge in [0.05, 0.1) is 0 Å². The molecule has 2 aromatic rings. The molecule has 0 spiro atoms. The van der Waals surface area contributed by atoms with Crippen LogP contribution in [-0.4, -0.2) is 23.2 Å². The molecule has 102 valence electrons. The highest BCUT2D eigenvalue weighted by Crippen LogP contribution is 2.14. The third-order valence-corrected chi connectivity index (χ3v) is 3.54. The Balaban J connectivity index is 1.94. The first-order chi connectivity index (χ1) is 9.17. The molecule has 0 radical (unpaired) electrons. The number of nitrogens with zero attached hydrogens (tertiary/aromatic N) is 2. The Labute approximate surface area is 121 Å². The number of aryl methyl sites for hydroxylation is 1. The lowest BCUT2D eigenvalue weighted by molar-refractivity contribution is 0.365. The molecule has 0 aliphatic carbocycles. The van der Waals surface area contributed by atoms with E-state index in [0.717, 1.165) is 23.1 Å². The van der Waals surface area contributed by atoms with E-state index in [2.05, 4.69) is 50.4 Å². The zero-order chi connectivity index (χ0) is 13.7. The van der Waals surface area contributed by atoms with Gasteiger partial charge in [-0.25, -0.2) is 0 Å². The van der Waals surface area contributed by atoms with Gasteiger partial charge in [-0.05, 0) is 38.1 Å². The largest absolute Gasteiger partial charge is 0.339 e. The molecule has 0 saturated heterocycles. The maximum absolute atomic E-state index is 5.26. The Kier molecular flexibility index (Phi) is 5.10. The van der Waals surface area contributed by atoms with Gasteiger partial charge in [-0.15, -0.1) is 0 Å². The van der Waals surface area contributed by atoms with Gasteiger partial charge in [0, 0.05) is 23.4 Å². The topological polar surface area (TPSA) is 51.0 Å². The summed E-state index contributed by atoms with van der Waals surface area (Å²) in [5, 5.41) is 7.22. The van der Waals surface area contributed by atoms with E-state index >= 15 is 0 Å². The first kappa shape index (κ1) is 14.2. The molecular formula is C14H18BrN3O. The molecule has 1 heterocycles. The second kappa shape index (κ2) is 6.82. The van der Waals surface area contributed by atoms with Gasteiger partial charge in [0.25, 0.3) is 0 Å². The van der Waals surface area contributed by atoms with Crippen molar-refractivity contribution in [3.8, 4) is 0 Å². The minimum absolute atomic E-state index is 0.459. The van der Waals surface area contributed by atoms with Crippen molar-refractivity contribution >= 4 is 15.9 Å². The van der Waals surface area contributed by atoms with Crippen LogP contribution in [0.15, 0.2) is 33.3 Å². The van der Waals surface area contributed by atoms with Crippen molar-refractivity contribution in [3.05, 3.63) is 46.0 Å². The quantitative estimate of drug-likeness (QED) is 0.888. The molecule has 1 aromatic heterocycles. The summed E-state index contributed by atoms with van der Waals surface area (Å²) in [7, 11) is 1.96. The Morgan fingerprint density at radius 3 is 3.00 bits per heavy atom. The molecular weight excluding hydrogens is 306 g/mol. The maximum Gasteiger partial charge on any atom is 0.226 e. The van der Waals surface area contributed by atoms with Crippen molar-refractivity contribution in [2.45, 2.75) is 32.2 Å². The lowest BCUT2D eigenvalue weighted by Gasteiger charge is -2.06. The van der Waals surface area contributed by atoms with Gasteiger partial charge in [-0.2, -0.15) is 4.98 Å². The number of nitrogens with one attached hydrogen (secondary N) is 1. The Morgan fingerprint density at radius 2 is 2.26 bits per heavy atom. The first-order valence-corrected chi connectivity index (χ1v) is 7.20. The van der Waals surface area contributed by atoms with E-state index in [1.165, 1.54) is 5.56 Å². The zero-order valence-electron chi connectivity index (χ0n) is 11.2. The third kappa shape index (κ3) is 4.44. The normalized spacial score (nSPS) is 12.6. The molecule has 2 rings (SSSR count). The average molecular weight is 324 g/mol. The smallest absolute Gasteiger partial charge is 0.226 e. The van der Waals surface area contributed by atoms with Gasteiger partial charge in [0.15, 0.2) is 5.82 Å². The molecule has 0 amide bonds. The highest BCUT2D eigenvalue weighted by atomic mass is 79.9. The van der Waals surface area contributed by atoms with Gasteiger partial charge in [0.1, 0.15) is 0 Å². The Morgan fingerprint density at radius 1 is 1.42 bits per heavy atom. The maximum atomic E-state index is 5.26. The van der Waals surface area contributed by atoms with Crippen molar-refractivity contribution in [2.75, 3.05) is 7.05 Å². The van der Waals surface area contributed by atoms with Crippen LogP contribution in [0.25, 0.3) is 0 Å². The molecule has 1 aromatic carbocycles. The monoisotopic (exact) mass is 323 g/mol. The number of benzene rings is 1. The van der Waals surface area contributed by atoms with E-state index < -0.39 is 0 Å². The van der Waals surface area contributed by atoms with Crippen molar-refractivity contribution in [1.29, 1.82) is 0 Å². The lowest BCUT2D eigenvalue weighted by atomic mass is 10.1. The number of halogens is 1. The summed E-state index contributed by atoms with van der Waals surface area (Å²) in [4.78, 5) is 4.42. The summed E-state index contributed by atoms with van der Waals surface area (Å²) in [6.07, 6.45) is 2.51. The van der Waals surface area contributed by atoms with Gasteiger partial charge < -0.3 is 9.84 Å². The predicted molar refractivity (Wildman–Crippen MR) is 78.1 cm³/mol. The van der Waals surface area contributed by atoms with E-state index in [1.807, 2.05) is 19.2 Å². The SMILES string of the molecule is CNC(C)CCc1nc(Cc2cccc(Br)c2)no1. The standard InChI is InChI=1S/C14H18BrN3O/c1-10(16-2)6-7-14-17-13(18-19-14)9-11-4-3-5-12(15)8-11/h3-5,8,10,16H,6-7,9H2,1-2H3.